The van der Waals surface area contributed by atoms with Crippen LogP contribution in [-0.2, 0) is 7.05 Å². The molecule has 5 heteroatoms. The third-order valence-corrected chi connectivity index (χ3v) is 3.81. The van der Waals surface area contributed by atoms with Crippen molar-refractivity contribution in [1.82, 2.24) is 14.5 Å². The quantitative estimate of drug-likeness (QED) is 0.646. The molecule has 0 aliphatic heterocycles. The van der Waals surface area contributed by atoms with Gasteiger partial charge in [-0.15, -0.1) is 0 Å². The van der Waals surface area contributed by atoms with Crippen LogP contribution in [0.5, 0.6) is 0 Å². The average molecular weight is 288 g/mol. The minimum Gasteiger partial charge on any atom is -0.308 e. The molecule has 3 aromatic rings. The highest BCUT2D eigenvalue weighted by Crippen LogP contribution is 2.29. The van der Waals surface area contributed by atoms with E-state index in [1.807, 2.05) is 32.0 Å². The summed E-state index contributed by atoms with van der Waals surface area (Å²) in [5.74, 6) is 0.0496. The van der Waals surface area contributed by atoms with Gasteiger partial charge >= 0.3 is 0 Å². The molecule has 0 fully saturated rings. The lowest BCUT2D eigenvalue weighted by Gasteiger charge is -2.12. The average Bonchev–Trinajstić information content (AvgIpc) is 2.43. The third kappa shape index (κ3) is 1.79. The summed E-state index contributed by atoms with van der Waals surface area (Å²) in [6.07, 6.45) is 1.70. The van der Waals surface area contributed by atoms with Crippen LogP contribution in [0.4, 0.5) is 0 Å². The van der Waals surface area contributed by atoms with Crippen LogP contribution >= 0.6 is 11.6 Å². The van der Waals surface area contributed by atoms with E-state index in [2.05, 4.69) is 9.97 Å². The molecule has 2 aromatic heterocycles. The Morgan fingerprint density at radius 3 is 2.75 bits per heavy atom. The zero-order valence-corrected chi connectivity index (χ0v) is 12.3. The summed E-state index contributed by atoms with van der Waals surface area (Å²) in [5.41, 5.74) is 2.51. The van der Waals surface area contributed by atoms with E-state index in [0.717, 1.165) is 10.9 Å². The molecule has 0 unspecified atom stereocenters. The number of hydrogen-bond acceptors (Lipinski definition) is 3. The van der Waals surface area contributed by atoms with Crippen molar-refractivity contribution in [2.75, 3.05) is 0 Å². The Balaban J connectivity index is 2.56. The van der Waals surface area contributed by atoms with Gasteiger partial charge in [0.25, 0.3) is 5.56 Å². The monoisotopic (exact) mass is 287 g/mol. The topological polar surface area (TPSA) is 47.8 Å². The van der Waals surface area contributed by atoms with Crippen molar-refractivity contribution in [2.24, 2.45) is 7.05 Å². The number of aromatic nitrogens is 3. The molecule has 3 rings (SSSR count). The van der Waals surface area contributed by atoms with Crippen LogP contribution in [0.1, 0.15) is 25.5 Å². The molecule has 4 nitrogen and oxygen atoms in total. The second-order valence-electron chi connectivity index (χ2n) is 5.15. The molecule has 0 radical (unpaired) electrons. The number of rotatable bonds is 1. The second kappa shape index (κ2) is 4.56. The molecular weight excluding hydrogens is 274 g/mol. The van der Waals surface area contributed by atoms with E-state index in [1.54, 1.807) is 17.8 Å². The summed E-state index contributed by atoms with van der Waals surface area (Å²) < 4.78 is 1.61. The number of fused-ring (bicyclic) bond motifs is 2. The zero-order valence-electron chi connectivity index (χ0n) is 11.5. The van der Waals surface area contributed by atoms with Gasteiger partial charge in [-0.05, 0) is 12.1 Å². The van der Waals surface area contributed by atoms with E-state index in [4.69, 9.17) is 11.6 Å². The van der Waals surface area contributed by atoms with E-state index >= 15 is 0 Å². The molecule has 0 saturated carbocycles. The molecule has 0 saturated heterocycles. The van der Waals surface area contributed by atoms with Crippen LogP contribution < -0.4 is 5.56 Å². The molecule has 0 amide bonds. The Kier molecular flexibility index (Phi) is 2.98. The summed E-state index contributed by atoms with van der Waals surface area (Å²) in [6.45, 7) is 3.89. The van der Waals surface area contributed by atoms with E-state index in [9.17, 15) is 4.79 Å². The van der Waals surface area contributed by atoms with Gasteiger partial charge in [0.05, 0.1) is 16.1 Å². The van der Waals surface area contributed by atoms with Crippen LogP contribution in [-0.4, -0.2) is 14.5 Å². The first-order valence-electron chi connectivity index (χ1n) is 6.44. The second-order valence-corrected chi connectivity index (χ2v) is 5.53. The van der Waals surface area contributed by atoms with Crippen molar-refractivity contribution in [3.05, 3.63) is 45.5 Å². The fraction of sp³-hybridized carbons (Fsp3) is 0.267. The fourth-order valence-electron chi connectivity index (χ4n) is 2.35. The van der Waals surface area contributed by atoms with Gasteiger partial charge in [0.15, 0.2) is 0 Å². The predicted molar refractivity (Wildman–Crippen MR) is 81.4 cm³/mol. The Bertz CT molecular complexity index is 884. The standard InChI is InChI=1S/C15H14ClN3O/c1-8(2)12-15(20)19(3)10-7-9-5-4-6-17-13(9)11(16)14(10)18-12/h4-8H,1-3H3. The molecule has 0 aliphatic rings. The lowest BCUT2D eigenvalue weighted by Crippen LogP contribution is -2.24. The maximum absolute atomic E-state index is 12.3. The molecule has 0 aliphatic carbocycles. The maximum Gasteiger partial charge on any atom is 0.272 e. The molecule has 102 valence electrons. The number of hydrogen-bond donors (Lipinski definition) is 0. The van der Waals surface area contributed by atoms with Gasteiger partial charge in [0, 0.05) is 24.5 Å². The Labute approximate surface area is 121 Å². The molecule has 0 spiro atoms. The highest BCUT2D eigenvalue weighted by atomic mass is 35.5. The maximum atomic E-state index is 12.3. The van der Waals surface area contributed by atoms with Crippen molar-refractivity contribution in [2.45, 2.75) is 19.8 Å². The van der Waals surface area contributed by atoms with Crippen LogP contribution in [0.3, 0.4) is 0 Å². The number of halogens is 1. The lowest BCUT2D eigenvalue weighted by atomic mass is 10.1. The van der Waals surface area contributed by atoms with Crippen LogP contribution in [0.15, 0.2) is 29.2 Å². The number of benzene rings is 1. The number of nitrogens with zero attached hydrogens (tertiary/aromatic N) is 3. The predicted octanol–water partition coefficient (Wildman–Crippen LogP) is 3.26. The zero-order chi connectivity index (χ0) is 14.4. The van der Waals surface area contributed by atoms with Gasteiger partial charge in [-0.1, -0.05) is 31.5 Å². The molecular formula is C15H14ClN3O. The highest BCUT2D eigenvalue weighted by molar-refractivity contribution is 6.39. The third-order valence-electron chi connectivity index (χ3n) is 3.45. The Morgan fingerprint density at radius 1 is 1.30 bits per heavy atom. The summed E-state index contributed by atoms with van der Waals surface area (Å²) in [6, 6.07) is 5.68. The van der Waals surface area contributed by atoms with E-state index < -0.39 is 0 Å². The van der Waals surface area contributed by atoms with Gasteiger partial charge < -0.3 is 4.57 Å². The largest absolute Gasteiger partial charge is 0.308 e. The van der Waals surface area contributed by atoms with Crippen molar-refractivity contribution < 1.29 is 0 Å². The summed E-state index contributed by atoms with van der Waals surface area (Å²) in [4.78, 5) is 21.1. The summed E-state index contributed by atoms with van der Waals surface area (Å²) >= 11 is 6.43. The number of pyridine rings is 1. The van der Waals surface area contributed by atoms with Crippen molar-refractivity contribution in [3.8, 4) is 0 Å². The highest BCUT2D eigenvalue weighted by Gasteiger charge is 2.15. The molecule has 0 atom stereocenters. The normalized spacial score (nSPS) is 11.7. The van der Waals surface area contributed by atoms with Crippen LogP contribution in [0.25, 0.3) is 21.9 Å². The van der Waals surface area contributed by atoms with Crippen molar-refractivity contribution >= 4 is 33.5 Å². The van der Waals surface area contributed by atoms with E-state index in [-0.39, 0.29) is 11.5 Å². The smallest absolute Gasteiger partial charge is 0.272 e. The SMILES string of the molecule is CC(C)c1nc2c(Cl)c3ncccc3cc2n(C)c1=O. The molecule has 20 heavy (non-hydrogen) atoms. The van der Waals surface area contributed by atoms with Gasteiger partial charge in [-0.2, -0.15) is 0 Å². The lowest BCUT2D eigenvalue weighted by molar-refractivity contribution is 0.766. The first-order valence-corrected chi connectivity index (χ1v) is 6.82. The summed E-state index contributed by atoms with van der Waals surface area (Å²) in [5, 5.41) is 1.40. The van der Waals surface area contributed by atoms with Gasteiger partial charge in [-0.3, -0.25) is 9.78 Å². The van der Waals surface area contributed by atoms with E-state index in [0.29, 0.717) is 21.7 Å². The van der Waals surface area contributed by atoms with E-state index in [1.165, 1.54) is 0 Å². The Morgan fingerprint density at radius 2 is 2.05 bits per heavy atom. The van der Waals surface area contributed by atoms with Crippen molar-refractivity contribution in [3.63, 3.8) is 0 Å². The van der Waals surface area contributed by atoms with Gasteiger partial charge in [0.1, 0.15) is 11.2 Å². The molecule has 2 heterocycles. The Hall–Kier alpha value is -1.94. The first kappa shape index (κ1) is 13.1. The molecule has 0 N–H and O–H groups in total. The number of aryl methyl sites for hydroxylation is 1. The summed E-state index contributed by atoms with van der Waals surface area (Å²) in [7, 11) is 1.75. The molecule has 0 bridgehead atoms. The van der Waals surface area contributed by atoms with Crippen LogP contribution in [0, 0.1) is 0 Å². The minimum atomic E-state index is -0.0770. The van der Waals surface area contributed by atoms with Gasteiger partial charge in [-0.25, -0.2) is 4.98 Å². The fourth-order valence-corrected chi connectivity index (χ4v) is 2.64. The minimum absolute atomic E-state index is 0.0496. The first-order chi connectivity index (χ1) is 9.50. The van der Waals surface area contributed by atoms with Crippen LogP contribution in [0.2, 0.25) is 5.02 Å². The molecule has 1 aromatic carbocycles. The van der Waals surface area contributed by atoms with Crippen molar-refractivity contribution in [1.29, 1.82) is 0 Å². The van der Waals surface area contributed by atoms with Gasteiger partial charge in [0.2, 0.25) is 0 Å².